The van der Waals surface area contributed by atoms with Crippen molar-refractivity contribution >= 4 is 47.0 Å². The molecule has 2 aromatic carbocycles. The fourth-order valence-electron chi connectivity index (χ4n) is 4.35. The first-order valence-corrected chi connectivity index (χ1v) is 14.3. The van der Waals surface area contributed by atoms with Gasteiger partial charge in [0.15, 0.2) is 0 Å². The van der Waals surface area contributed by atoms with Crippen LogP contribution in [0.4, 0.5) is 0 Å². The van der Waals surface area contributed by atoms with E-state index in [9.17, 15) is 14.4 Å². The van der Waals surface area contributed by atoms with Gasteiger partial charge in [-0.1, -0.05) is 48.5 Å². The lowest BCUT2D eigenvalue weighted by molar-refractivity contribution is -0.153. The van der Waals surface area contributed by atoms with E-state index in [4.69, 9.17) is 9.47 Å². The summed E-state index contributed by atoms with van der Waals surface area (Å²) in [5.41, 5.74) is 5.22. The molecule has 8 nitrogen and oxygen atoms in total. The SMILES string of the molecule is COc1ccc(COC(=O)C2=C(/C=C/c3scnc3C)CSC3C(NC(=O)Cc4ccccc4)C(=O)N23)cc1. The summed E-state index contributed by atoms with van der Waals surface area (Å²) in [6, 6.07) is 15.9. The highest BCUT2D eigenvalue weighted by atomic mass is 32.2. The summed E-state index contributed by atoms with van der Waals surface area (Å²) in [6.07, 6.45) is 3.93. The minimum atomic E-state index is -0.704. The van der Waals surface area contributed by atoms with Gasteiger partial charge in [0.25, 0.3) is 5.91 Å². The van der Waals surface area contributed by atoms with Gasteiger partial charge >= 0.3 is 5.97 Å². The number of ether oxygens (including phenoxy) is 2. The molecule has 0 spiro atoms. The molecular formula is C29H27N3O5S2. The number of nitrogens with one attached hydrogen (secondary N) is 1. The standard InChI is InChI=1S/C29H27N3O5S2/c1-18-23(39-17-30-18)13-10-21-16-38-28-25(31-24(33)14-19-6-4-3-5-7-19)27(34)32(28)26(21)29(35)37-15-20-8-11-22(36-2)12-9-20/h3-13,17,25,28H,14-16H2,1-2H3,(H,31,33)/b13-10+. The maximum Gasteiger partial charge on any atom is 0.355 e. The molecule has 2 amide bonds. The molecule has 10 heteroatoms. The van der Waals surface area contributed by atoms with Crippen LogP contribution in [-0.2, 0) is 32.1 Å². The Balaban J connectivity index is 1.34. The molecule has 2 aliphatic heterocycles. The lowest BCUT2D eigenvalue weighted by Crippen LogP contribution is -2.70. The number of allylic oxidation sites excluding steroid dienone is 1. The average molecular weight is 562 g/mol. The van der Waals surface area contributed by atoms with Crippen LogP contribution in [0.1, 0.15) is 21.7 Å². The highest BCUT2D eigenvalue weighted by Gasteiger charge is 2.54. The quantitative estimate of drug-likeness (QED) is 0.310. The lowest BCUT2D eigenvalue weighted by Gasteiger charge is -2.49. The van der Waals surface area contributed by atoms with E-state index < -0.39 is 12.0 Å². The molecule has 0 aliphatic carbocycles. The fourth-order valence-corrected chi connectivity index (χ4v) is 6.36. The maximum atomic E-state index is 13.4. The number of thiazole rings is 1. The maximum absolute atomic E-state index is 13.4. The molecule has 2 aliphatic rings. The average Bonchev–Trinajstić information content (AvgIpc) is 3.38. The molecule has 3 aromatic rings. The number of aromatic nitrogens is 1. The number of nitrogens with zero attached hydrogens (tertiary/aromatic N) is 2. The Morgan fingerprint density at radius 1 is 1.10 bits per heavy atom. The van der Waals surface area contributed by atoms with E-state index >= 15 is 0 Å². The number of esters is 1. The first-order chi connectivity index (χ1) is 18.9. The molecule has 1 N–H and O–H groups in total. The number of thioether (sulfide) groups is 1. The van der Waals surface area contributed by atoms with Crippen LogP contribution >= 0.6 is 23.1 Å². The van der Waals surface area contributed by atoms with Crippen molar-refractivity contribution < 1.29 is 23.9 Å². The minimum absolute atomic E-state index is 0.0500. The van der Waals surface area contributed by atoms with Crippen molar-refractivity contribution in [2.45, 2.75) is 31.4 Å². The van der Waals surface area contributed by atoms with Crippen LogP contribution in [0.5, 0.6) is 5.75 Å². The number of carbonyl (C=O) groups is 3. The Morgan fingerprint density at radius 2 is 1.87 bits per heavy atom. The van der Waals surface area contributed by atoms with Gasteiger partial charge in [-0.2, -0.15) is 0 Å². The van der Waals surface area contributed by atoms with Crippen LogP contribution in [0.15, 0.2) is 77.5 Å². The van der Waals surface area contributed by atoms with Gasteiger partial charge in [-0.15, -0.1) is 23.1 Å². The van der Waals surface area contributed by atoms with Gasteiger partial charge in [0.2, 0.25) is 5.91 Å². The molecule has 200 valence electrons. The van der Waals surface area contributed by atoms with E-state index in [0.717, 1.165) is 21.7 Å². The van der Waals surface area contributed by atoms with Crippen LogP contribution in [0.3, 0.4) is 0 Å². The molecule has 2 atom stereocenters. The Labute approximate surface area is 234 Å². The summed E-state index contributed by atoms with van der Waals surface area (Å²) < 4.78 is 10.8. The number of methoxy groups -OCH3 is 1. The van der Waals surface area contributed by atoms with Crippen molar-refractivity contribution in [2.24, 2.45) is 0 Å². The van der Waals surface area contributed by atoms with Gasteiger partial charge in [0.1, 0.15) is 29.5 Å². The summed E-state index contributed by atoms with van der Waals surface area (Å²) in [5, 5.41) is 2.47. The number of amides is 2. The summed E-state index contributed by atoms with van der Waals surface area (Å²) >= 11 is 3.01. The fraction of sp³-hybridized carbons (Fsp3) is 0.241. The summed E-state index contributed by atoms with van der Waals surface area (Å²) in [6.45, 7) is 1.97. The molecule has 1 saturated heterocycles. The molecule has 1 fully saturated rings. The highest BCUT2D eigenvalue weighted by Crippen LogP contribution is 2.41. The van der Waals surface area contributed by atoms with Gasteiger partial charge in [-0.3, -0.25) is 14.5 Å². The van der Waals surface area contributed by atoms with Crippen molar-refractivity contribution in [3.8, 4) is 5.75 Å². The molecule has 1 aromatic heterocycles. The van der Waals surface area contributed by atoms with Crippen molar-refractivity contribution in [3.63, 3.8) is 0 Å². The van der Waals surface area contributed by atoms with Gasteiger partial charge in [0, 0.05) is 10.6 Å². The number of fused-ring (bicyclic) bond motifs is 1. The molecule has 0 bridgehead atoms. The van der Waals surface area contributed by atoms with Crippen molar-refractivity contribution in [1.29, 1.82) is 0 Å². The predicted octanol–water partition coefficient (Wildman–Crippen LogP) is 4.11. The Morgan fingerprint density at radius 3 is 2.56 bits per heavy atom. The zero-order valence-electron chi connectivity index (χ0n) is 21.5. The van der Waals surface area contributed by atoms with E-state index in [1.54, 1.807) is 24.8 Å². The molecule has 0 radical (unpaired) electrons. The molecule has 2 unspecified atom stereocenters. The zero-order valence-corrected chi connectivity index (χ0v) is 23.1. The Bertz CT molecular complexity index is 1430. The van der Waals surface area contributed by atoms with E-state index in [0.29, 0.717) is 17.1 Å². The largest absolute Gasteiger partial charge is 0.497 e. The van der Waals surface area contributed by atoms with Gasteiger partial charge in [0.05, 0.1) is 24.7 Å². The molecule has 39 heavy (non-hydrogen) atoms. The number of aryl methyl sites for hydroxylation is 1. The third-order valence-electron chi connectivity index (χ3n) is 6.46. The number of benzene rings is 2. The van der Waals surface area contributed by atoms with Gasteiger partial charge in [-0.25, -0.2) is 9.78 Å². The second-order valence-corrected chi connectivity index (χ2v) is 11.0. The lowest BCUT2D eigenvalue weighted by atomic mass is 10.0. The van der Waals surface area contributed by atoms with E-state index in [-0.39, 0.29) is 35.9 Å². The number of hydrogen-bond donors (Lipinski definition) is 1. The second-order valence-electron chi connectivity index (χ2n) is 9.05. The van der Waals surface area contributed by atoms with Crippen molar-refractivity contribution in [3.05, 3.63) is 99.2 Å². The first kappa shape index (κ1) is 26.7. The van der Waals surface area contributed by atoms with Gasteiger partial charge < -0.3 is 14.8 Å². The number of β-lactam (4-membered cyclic amide) rings is 1. The minimum Gasteiger partial charge on any atom is -0.497 e. The van der Waals surface area contributed by atoms with Crippen LogP contribution in [0.25, 0.3) is 6.08 Å². The second kappa shape index (κ2) is 11.9. The zero-order chi connectivity index (χ0) is 27.4. The molecule has 5 rings (SSSR count). The highest BCUT2D eigenvalue weighted by molar-refractivity contribution is 8.00. The van der Waals surface area contributed by atoms with E-state index in [1.165, 1.54) is 28.0 Å². The van der Waals surface area contributed by atoms with Crippen molar-refractivity contribution in [1.82, 2.24) is 15.2 Å². The summed E-state index contributed by atoms with van der Waals surface area (Å²) in [4.78, 5) is 46.1. The number of carbonyl (C=O) groups excluding carboxylic acids is 3. The molecule has 3 heterocycles. The topological polar surface area (TPSA) is 97.8 Å². The summed E-state index contributed by atoms with van der Waals surface area (Å²) in [7, 11) is 1.59. The van der Waals surface area contributed by atoms with Crippen LogP contribution in [0.2, 0.25) is 0 Å². The first-order valence-electron chi connectivity index (χ1n) is 12.3. The van der Waals surface area contributed by atoms with Crippen LogP contribution in [-0.4, -0.2) is 51.9 Å². The third kappa shape index (κ3) is 5.91. The molecular weight excluding hydrogens is 534 g/mol. The van der Waals surface area contributed by atoms with Crippen molar-refractivity contribution in [2.75, 3.05) is 12.9 Å². The normalized spacial score (nSPS) is 18.5. The van der Waals surface area contributed by atoms with E-state index in [1.807, 2.05) is 61.5 Å². The molecule has 0 saturated carbocycles. The number of rotatable bonds is 9. The monoisotopic (exact) mass is 561 g/mol. The van der Waals surface area contributed by atoms with Crippen LogP contribution in [0, 0.1) is 6.92 Å². The number of hydrogen-bond acceptors (Lipinski definition) is 8. The smallest absolute Gasteiger partial charge is 0.355 e. The predicted molar refractivity (Wildman–Crippen MR) is 151 cm³/mol. The third-order valence-corrected chi connectivity index (χ3v) is 8.66. The summed E-state index contributed by atoms with van der Waals surface area (Å²) in [5.74, 6) is 0.0426. The van der Waals surface area contributed by atoms with Gasteiger partial charge in [-0.05, 0) is 41.8 Å². The van der Waals surface area contributed by atoms with Crippen LogP contribution < -0.4 is 10.1 Å². The van der Waals surface area contributed by atoms with E-state index in [2.05, 4.69) is 10.3 Å². The Kier molecular flexibility index (Phi) is 8.13. The Hall–Kier alpha value is -3.89.